The van der Waals surface area contributed by atoms with Crippen molar-refractivity contribution in [2.75, 3.05) is 18.4 Å². The lowest BCUT2D eigenvalue weighted by Gasteiger charge is -2.18. The largest absolute Gasteiger partial charge is 0.493 e. The van der Waals surface area contributed by atoms with E-state index in [-0.39, 0.29) is 12.2 Å². The van der Waals surface area contributed by atoms with Crippen LogP contribution in [0.5, 0.6) is 0 Å². The molecule has 0 spiro atoms. The molecular weight excluding hydrogens is 489 g/mol. The molecule has 0 aromatic heterocycles. The number of ether oxygens (including phenoxy) is 1. The highest BCUT2D eigenvalue weighted by Gasteiger charge is 2.41. The van der Waals surface area contributed by atoms with Crippen molar-refractivity contribution in [3.63, 3.8) is 0 Å². The van der Waals surface area contributed by atoms with Crippen LogP contribution >= 0.6 is 0 Å². The molecule has 0 aliphatic heterocycles. The second-order valence-corrected chi connectivity index (χ2v) is 8.12. The standard InChI is InChI=1S/C26H27F3N4O4/c1-3-33(4-2)15-17-5-7-21-14-18(6-8-20(21)13-17)16-36-25(35)31-22-11-9-19(10-12-22)23(30)32-37-24(34)26(27,28)29/h5-14H,3-4,15-16H2,1-2H3,(H2,30,32)(H,31,35). The van der Waals surface area contributed by atoms with Crippen LogP contribution in [0.4, 0.5) is 23.7 Å². The molecule has 0 fully saturated rings. The first-order valence-corrected chi connectivity index (χ1v) is 11.5. The zero-order valence-electron chi connectivity index (χ0n) is 20.3. The van der Waals surface area contributed by atoms with Crippen LogP contribution in [0.3, 0.4) is 0 Å². The van der Waals surface area contributed by atoms with Crippen molar-refractivity contribution in [3.8, 4) is 0 Å². The molecule has 3 aromatic carbocycles. The van der Waals surface area contributed by atoms with E-state index < -0.39 is 24.1 Å². The molecule has 3 aromatic rings. The van der Waals surface area contributed by atoms with Crippen LogP contribution in [-0.2, 0) is 27.5 Å². The average Bonchev–Trinajstić information content (AvgIpc) is 2.88. The third-order valence-corrected chi connectivity index (χ3v) is 5.54. The summed E-state index contributed by atoms with van der Waals surface area (Å²) in [6.07, 6.45) is -5.88. The smallest absolute Gasteiger partial charge is 0.444 e. The highest BCUT2D eigenvalue weighted by Crippen LogP contribution is 2.20. The fourth-order valence-electron chi connectivity index (χ4n) is 3.48. The SMILES string of the molecule is CCN(CC)Cc1ccc2cc(COC(=O)Nc3ccc(C(=N)NOC(=O)C(F)(F)F)cc3)ccc2c1. The van der Waals surface area contributed by atoms with Crippen molar-refractivity contribution < 1.29 is 32.3 Å². The van der Waals surface area contributed by atoms with Gasteiger partial charge in [-0.1, -0.05) is 38.1 Å². The summed E-state index contributed by atoms with van der Waals surface area (Å²) in [7, 11) is 0. The molecule has 0 saturated carbocycles. The number of benzene rings is 3. The summed E-state index contributed by atoms with van der Waals surface area (Å²) in [5.41, 5.74) is 4.16. The van der Waals surface area contributed by atoms with E-state index >= 15 is 0 Å². The first kappa shape index (κ1) is 27.5. The molecule has 0 atom stereocenters. The Morgan fingerprint density at radius 1 is 0.919 bits per heavy atom. The first-order valence-electron chi connectivity index (χ1n) is 11.5. The van der Waals surface area contributed by atoms with E-state index in [0.717, 1.165) is 36.0 Å². The molecule has 0 aliphatic carbocycles. The van der Waals surface area contributed by atoms with Crippen molar-refractivity contribution >= 4 is 34.4 Å². The lowest BCUT2D eigenvalue weighted by Crippen LogP contribution is -2.34. The quantitative estimate of drug-likeness (QED) is 0.211. The van der Waals surface area contributed by atoms with E-state index in [2.05, 4.69) is 47.1 Å². The molecule has 3 rings (SSSR count). The van der Waals surface area contributed by atoms with Crippen molar-refractivity contribution in [1.82, 2.24) is 10.4 Å². The minimum Gasteiger partial charge on any atom is -0.444 e. The molecule has 0 saturated heterocycles. The monoisotopic (exact) mass is 516 g/mol. The molecule has 0 heterocycles. The number of amides is 1. The Morgan fingerprint density at radius 2 is 1.51 bits per heavy atom. The van der Waals surface area contributed by atoms with Crippen LogP contribution in [0.2, 0.25) is 0 Å². The van der Waals surface area contributed by atoms with E-state index in [1.165, 1.54) is 29.8 Å². The highest BCUT2D eigenvalue weighted by molar-refractivity contribution is 5.97. The van der Waals surface area contributed by atoms with Crippen molar-refractivity contribution in [3.05, 3.63) is 77.4 Å². The van der Waals surface area contributed by atoms with Gasteiger partial charge in [-0.15, -0.1) is 0 Å². The van der Waals surface area contributed by atoms with Gasteiger partial charge in [0, 0.05) is 17.8 Å². The summed E-state index contributed by atoms with van der Waals surface area (Å²) in [5.74, 6) is -3.03. The molecule has 3 N–H and O–H groups in total. The zero-order chi connectivity index (χ0) is 27.0. The number of hydrogen-bond donors (Lipinski definition) is 3. The van der Waals surface area contributed by atoms with Crippen molar-refractivity contribution in [1.29, 1.82) is 5.41 Å². The predicted octanol–water partition coefficient (Wildman–Crippen LogP) is 5.37. The van der Waals surface area contributed by atoms with E-state index in [0.29, 0.717) is 5.69 Å². The predicted molar refractivity (Wildman–Crippen MR) is 133 cm³/mol. The molecule has 8 nitrogen and oxygen atoms in total. The summed E-state index contributed by atoms with van der Waals surface area (Å²) in [5, 5.41) is 12.3. The normalized spacial score (nSPS) is 11.3. The van der Waals surface area contributed by atoms with E-state index in [1.54, 1.807) is 5.48 Å². The van der Waals surface area contributed by atoms with E-state index in [9.17, 15) is 22.8 Å². The number of rotatable bonds is 8. The Labute approximate surface area is 211 Å². The number of nitrogens with one attached hydrogen (secondary N) is 3. The second-order valence-electron chi connectivity index (χ2n) is 8.12. The van der Waals surface area contributed by atoms with Gasteiger partial charge in [0.05, 0.1) is 0 Å². The van der Waals surface area contributed by atoms with Crippen molar-refractivity contribution in [2.24, 2.45) is 0 Å². The number of halogens is 3. The van der Waals surface area contributed by atoms with Gasteiger partial charge in [-0.2, -0.15) is 13.2 Å². The van der Waals surface area contributed by atoms with Crippen LogP contribution in [0, 0.1) is 5.41 Å². The van der Waals surface area contributed by atoms with Gasteiger partial charge in [0.25, 0.3) is 0 Å². The number of hydrogen-bond acceptors (Lipinski definition) is 6. The number of carbonyl (C=O) groups excluding carboxylic acids is 2. The number of hydroxylamine groups is 1. The molecule has 37 heavy (non-hydrogen) atoms. The fraction of sp³-hybridized carbons (Fsp3) is 0.269. The third kappa shape index (κ3) is 7.94. The van der Waals surface area contributed by atoms with Crippen molar-refractivity contribution in [2.45, 2.75) is 33.2 Å². The fourth-order valence-corrected chi connectivity index (χ4v) is 3.48. The Morgan fingerprint density at radius 3 is 2.11 bits per heavy atom. The number of alkyl halides is 3. The number of anilines is 1. The van der Waals surface area contributed by atoms with Gasteiger partial charge in [-0.05, 0) is 71.4 Å². The number of amidine groups is 1. The minimum absolute atomic E-state index is 0.0557. The zero-order valence-corrected chi connectivity index (χ0v) is 20.3. The Balaban J connectivity index is 1.51. The van der Waals surface area contributed by atoms with Gasteiger partial charge in [0.1, 0.15) is 6.61 Å². The molecule has 0 radical (unpaired) electrons. The molecule has 0 aliphatic rings. The highest BCUT2D eigenvalue weighted by atomic mass is 19.4. The van der Waals surface area contributed by atoms with Gasteiger partial charge >= 0.3 is 18.2 Å². The molecular formula is C26H27F3N4O4. The van der Waals surface area contributed by atoms with Crippen LogP contribution in [0.25, 0.3) is 10.8 Å². The third-order valence-electron chi connectivity index (χ3n) is 5.54. The Hall–Kier alpha value is -4.12. The van der Waals surface area contributed by atoms with Crippen LogP contribution in [0.1, 0.15) is 30.5 Å². The van der Waals surface area contributed by atoms with Gasteiger partial charge < -0.3 is 9.57 Å². The molecule has 196 valence electrons. The van der Waals surface area contributed by atoms with Crippen LogP contribution in [-0.4, -0.2) is 42.1 Å². The van der Waals surface area contributed by atoms with Gasteiger partial charge in [-0.25, -0.2) is 15.1 Å². The molecule has 0 unspecified atom stereocenters. The topological polar surface area (TPSA) is 104 Å². The maximum Gasteiger partial charge on any atom is 0.493 e. The maximum absolute atomic E-state index is 12.2. The summed E-state index contributed by atoms with van der Waals surface area (Å²) in [6.45, 7) is 7.19. The summed E-state index contributed by atoms with van der Waals surface area (Å²) >= 11 is 0. The lowest BCUT2D eigenvalue weighted by atomic mass is 10.0. The maximum atomic E-state index is 12.2. The number of fused-ring (bicyclic) bond motifs is 1. The number of nitrogens with zero attached hydrogens (tertiary/aromatic N) is 1. The summed E-state index contributed by atoms with van der Waals surface area (Å²) in [4.78, 5) is 29.0. The summed E-state index contributed by atoms with van der Waals surface area (Å²) in [6, 6.07) is 17.7. The number of carbonyl (C=O) groups is 2. The van der Waals surface area contributed by atoms with E-state index in [4.69, 9.17) is 10.1 Å². The van der Waals surface area contributed by atoms with Gasteiger partial charge in [-0.3, -0.25) is 15.6 Å². The van der Waals surface area contributed by atoms with Crippen LogP contribution < -0.4 is 10.8 Å². The minimum atomic E-state index is -5.18. The molecule has 1 amide bonds. The lowest BCUT2D eigenvalue weighted by molar-refractivity contribution is -0.203. The summed E-state index contributed by atoms with van der Waals surface area (Å²) < 4.78 is 41.7. The Bertz CT molecular complexity index is 1260. The molecule has 0 bridgehead atoms. The first-order chi connectivity index (χ1) is 17.6. The second kappa shape index (κ2) is 12.2. The average molecular weight is 517 g/mol. The van der Waals surface area contributed by atoms with Gasteiger partial charge in [0.2, 0.25) is 0 Å². The Kier molecular flexibility index (Phi) is 9.07. The van der Waals surface area contributed by atoms with Crippen LogP contribution in [0.15, 0.2) is 60.7 Å². The van der Waals surface area contributed by atoms with Gasteiger partial charge in [0.15, 0.2) is 5.84 Å². The van der Waals surface area contributed by atoms with E-state index in [1.807, 2.05) is 18.2 Å². The molecule has 11 heteroatoms.